The first-order chi connectivity index (χ1) is 11.0. The minimum absolute atomic E-state index is 0.0400. The zero-order valence-electron chi connectivity index (χ0n) is 12.6. The molecule has 0 atom stereocenters. The van der Waals surface area contributed by atoms with E-state index in [4.69, 9.17) is 9.15 Å². The third kappa shape index (κ3) is 4.44. The number of methoxy groups -OCH3 is 1. The lowest BCUT2D eigenvalue weighted by Crippen LogP contribution is -2.07. The van der Waals surface area contributed by atoms with Gasteiger partial charge >= 0.3 is 11.9 Å². The van der Waals surface area contributed by atoms with Gasteiger partial charge in [-0.05, 0) is 36.4 Å². The van der Waals surface area contributed by atoms with Gasteiger partial charge in [0.05, 0.1) is 12.7 Å². The molecule has 0 fully saturated rings. The largest absolute Gasteiger partial charge is 0.463 e. The normalized spacial score (nSPS) is 10.0. The van der Waals surface area contributed by atoms with E-state index in [2.05, 4.69) is 10.1 Å². The predicted molar refractivity (Wildman–Crippen MR) is 79.9 cm³/mol. The van der Waals surface area contributed by atoms with Crippen molar-refractivity contribution in [3.8, 4) is 0 Å². The molecule has 0 bridgehead atoms. The molecule has 0 aliphatic carbocycles. The summed E-state index contributed by atoms with van der Waals surface area (Å²) in [6, 6.07) is 9.24. The molecule has 0 saturated heterocycles. The van der Waals surface area contributed by atoms with Gasteiger partial charge < -0.3 is 19.2 Å². The van der Waals surface area contributed by atoms with Crippen LogP contribution in [0.25, 0.3) is 0 Å². The van der Waals surface area contributed by atoms with Gasteiger partial charge in [0.2, 0.25) is 11.7 Å². The average molecular weight is 317 g/mol. The predicted octanol–water partition coefficient (Wildman–Crippen LogP) is 2.38. The lowest BCUT2D eigenvalue weighted by Gasteiger charge is -2.05. The van der Waals surface area contributed by atoms with Crippen LogP contribution in [0.2, 0.25) is 0 Å². The van der Waals surface area contributed by atoms with Gasteiger partial charge in [-0.25, -0.2) is 9.59 Å². The average Bonchev–Trinajstić information content (AvgIpc) is 3.01. The van der Waals surface area contributed by atoms with E-state index in [1.54, 1.807) is 12.1 Å². The molecule has 0 aliphatic rings. The molecule has 0 aliphatic heterocycles. The molecular formula is C16H15NO6. The van der Waals surface area contributed by atoms with Crippen LogP contribution in [0, 0.1) is 0 Å². The van der Waals surface area contributed by atoms with E-state index in [9.17, 15) is 14.4 Å². The van der Waals surface area contributed by atoms with Crippen molar-refractivity contribution in [2.24, 2.45) is 0 Å². The van der Waals surface area contributed by atoms with Crippen LogP contribution in [0.3, 0.4) is 0 Å². The van der Waals surface area contributed by atoms with Crippen LogP contribution < -0.4 is 5.32 Å². The summed E-state index contributed by atoms with van der Waals surface area (Å²) in [7, 11) is 1.25. The maximum atomic E-state index is 11.9. The lowest BCUT2D eigenvalue weighted by atomic mass is 10.2. The van der Waals surface area contributed by atoms with Gasteiger partial charge in [0, 0.05) is 12.6 Å². The fourth-order valence-electron chi connectivity index (χ4n) is 1.78. The highest BCUT2D eigenvalue weighted by molar-refractivity contribution is 5.92. The van der Waals surface area contributed by atoms with Crippen LogP contribution in [0.4, 0.5) is 5.69 Å². The molecule has 1 amide bonds. The van der Waals surface area contributed by atoms with E-state index in [1.165, 1.54) is 38.3 Å². The zero-order valence-corrected chi connectivity index (χ0v) is 12.6. The Labute approximate surface area is 132 Å². The maximum Gasteiger partial charge on any atom is 0.373 e. The number of nitrogens with one attached hydrogen (secondary N) is 1. The summed E-state index contributed by atoms with van der Waals surface area (Å²) in [5.41, 5.74) is 0.918. The first kappa shape index (κ1) is 16.3. The Bertz CT molecular complexity index is 716. The highest BCUT2D eigenvalue weighted by Gasteiger charge is 2.13. The number of hydrogen-bond donors (Lipinski definition) is 1. The fourth-order valence-corrected chi connectivity index (χ4v) is 1.78. The first-order valence-electron chi connectivity index (χ1n) is 6.71. The minimum atomic E-state index is -0.601. The van der Waals surface area contributed by atoms with E-state index in [-0.39, 0.29) is 18.3 Å². The van der Waals surface area contributed by atoms with E-state index in [0.29, 0.717) is 17.0 Å². The van der Waals surface area contributed by atoms with E-state index in [1.807, 2.05) is 0 Å². The van der Waals surface area contributed by atoms with Gasteiger partial charge in [-0.15, -0.1) is 0 Å². The van der Waals surface area contributed by atoms with E-state index in [0.717, 1.165) is 0 Å². The molecule has 0 saturated carbocycles. The quantitative estimate of drug-likeness (QED) is 0.851. The molecular weight excluding hydrogens is 302 g/mol. The monoisotopic (exact) mass is 317 g/mol. The Morgan fingerprint density at radius 1 is 1.04 bits per heavy atom. The van der Waals surface area contributed by atoms with Crippen LogP contribution in [-0.2, 0) is 20.9 Å². The van der Waals surface area contributed by atoms with E-state index >= 15 is 0 Å². The third-order valence-corrected chi connectivity index (χ3v) is 2.83. The minimum Gasteiger partial charge on any atom is -0.463 e. The van der Waals surface area contributed by atoms with Crippen molar-refractivity contribution in [3.63, 3.8) is 0 Å². The smallest absolute Gasteiger partial charge is 0.373 e. The van der Waals surface area contributed by atoms with Crippen molar-refractivity contribution < 1.29 is 28.3 Å². The number of carbonyl (C=O) groups is 3. The van der Waals surface area contributed by atoms with Crippen LogP contribution in [0.1, 0.15) is 33.6 Å². The molecule has 2 rings (SSSR count). The topological polar surface area (TPSA) is 94.8 Å². The summed E-state index contributed by atoms with van der Waals surface area (Å²) in [6.45, 7) is 1.29. The SMILES string of the molecule is COC(=O)c1ccc(COC(=O)c2ccc(NC(C)=O)cc2)o1. The molecule has 1 N–H and O–H groups in total. The summed E-state index contributed by atoms with van der Waals surface area (Å²) < 4.78 is 14.8. The van der Waals surface area contributed by atoms with Crippen molar-refractivity contribution in [2.45, 2.75) is 13.5 Å². The van der Waals surface area contributed by atoms with Crippen LogP contribution >= 0.6 is 0 Å². The molecule has 7 heteroatoms. The van der Waals surface area contributed by atoms with E-state index < -0.39 is 11.9 Å². The number of carbonyl (C=O) groups excluding carboxylic acids is 3. The Hall–Kier alpha value is -3.09. The summed E-state index contributed by atoms with van der Waals surface area (Å²) in [5, 5.41) is 2.60. The van der Waals surface area contributed by atoms with Crippen LogP contribution in [-0.4, -0.2) is 25.0 Å². The Morgan fingerprint density at radius 2 is 1.74 bits per heavy atom. The summed E-state index contributed by atoms with van der Waals surface area (Å²) >= 11 is 0. The Balaban J connectivity index is 1.93. The van der Waals surface area contributed by atoms with Gasteiger partial charge in [-0.3, -0.25) is 4.79 Å². The van der Waals surface area contributed by atoms with Gasteiger partial charge in [0.25, 0.3) is 0 Å². The van der Waals surface area contributed by atoms with Crippen molar-refractivity contribution in [1.82, 2.24) is 0 Å². The number of furan rings is 1. The van der Waals surface area contributed by atoms with Crippen molar-refractivity contribution in [3.05, 3.63) is 53.5 Å². The summed E-state index contributed by atoms with van der Waals surface area (Å²) in [6.07, 6.45) is 0. The van der Waals surface area contributed by atoms with Gasteiger partial charge in [0.1, 0.15) is 12.4 Å². The highest BCUT2D eigenvalue weighted by Crippen LogP contribution is 2.13. The molecule has 0 radical (unpaired) electrons. The number of hydrogen-bond acceptors (Lipinski definition) is 6. The number of esters is 2. The third-order valence-electron chi connectivity index (χ3n) is 2.83. The number of rotatable bonds is 5. The lowest BCUT2D eigenvalue weighted by molar-refractivity contribution is -0.114. The first-order valence-corrected chi connectivity index (χ1v) is 6.71. The second-order valence-corrected chi connectivity index (χ2v) is 4.59. The molecule has 1 aromatic heterocycles. The number of amides is 1. The maximum absolute atomic E-state index is 11.9. The van der Waals surface area contributed by atoms with Crippen molar-refractivity contribution in [1.29, 1.82) is 0 Å². The molecule has 0 unspecified atom stereocenters. The number of anilines is 1. The molecule has 7 nitrogen and oxygen atoms in total. The highest BCUT2D eigenvalue weighted by atomic mass is 16.5. The Kier molecular flexibility index (Phi) is 5.14. The molecule has 1 aromatic carbocycles. The molecule has 2 aromatic rings. The number of benzene rings is 1. The van der Waals surface area contributed by atoms with Crippen LogP contribution in [0.15, 0.2) is 40.8 Å². The molecule has 120 valence electrons. The Morgan fingerprint density at radius 3 is 2.35 bits per heavy atom. The summed E-state index contributed by atoms with van der Waals surface area (Å²) in [4.78, 5) is 34.1. The molecule has 1 heterocycles. The van der Waals surface area contributed by atoms with Crippen LogP contribution in [0.5, 0.6) is 0 Å². The number of ether oxygens (including phenoxy) is 2. The van der Waals surface area contributed by atoms with Crippen molar-refractivity contribution in [2.75, 3.05) is 12.4 Å². The van der Waals surface area contributed by atoms with Crippen molar-refractivity contribution >= 4 is 23.5 Å². The fraction of sp³-hybridized carbons (Fsp3) is 0.188. The molecule has 23 heavy (non-hydrogen) atoms. The second-order valence-electron chi connectivity index (χ2n) is 4.59. The standard InChI is InChI=1S/C16H15NO6/c1-10(18)17-12-5-3-11(4-6-12)15(19)22-9-13-7-8-14(23-13)16(20)21-2/h3-8H,9H2,1-2H3,(H,17,18). The van der Waals surface area contributed by atoms with Gasteiger partial charge in [-0.2, -0.15) is 0 Å². The second kappa shape index (κ2) is 7.26. The molecule has 0 spiro atoms. The van der Waals surface area contributed by atoms with Gasteiger partial charge in [0.15, 0.2) is 0 Å². The zero-order chi connectivity index (χ0) is 16.8. The van der Waals surface area contributed by atoms with Gasteiger partial charge in [-0.1, -0.05) is 0 Å². The summed E-state index contributed by atoms with van der Waals surface area (Å²) in [5.74, 6) is -0.974.